The number of carboxylic acid groups (broad SMARTS) is 1. The largest absolute Gasteiger partial charge is 0.490 e. The molecule has 0 fully saturated rings. The molecule has 3 rings (SSSR count). The topological polar surface area (TPSA) is 116 Å². The Bertz CT molecular complexity index is 932. The summed E-state index contributed by atoms with van der Waals surface area (Å²) in [6.45, 7) is 0.457. The van der Waals surface area contributed by atoms with Crippen LogP contribution in [0.15, 0.2) is 48.5 Å². The van der Waals surface area contributed by atoms with Crippen LogP contribution >= 0.6 is 0 Å². The molecule has 0 aliphatic carbocycles. The Hall–Kier alpha value is -3.33. The number of rotatable bonds is 9. The number of benzene rings is 2. The highest BCUT2D eigenvalue weighted by molar-refractivity contribution is 5.67. The Labute approximate surface area is 160 Å². The van der Waals surface area contributed by atoms with Crippen LogP contribution in [0.5, 0.6) is 5.75 Å². The molecule has 1 atom stereocenters. The van der Waals surface area contributed by atoms with Gasteiger partial charge in [0.2, 0.25) is 5.82 Å². The fourth-order valence-electron chi connectivity index (χ4n) is 2.62. The van der Waals surface area contributed by atoms with Gasteiger partial charge in [0.1, 0.15) is 0 Å². The van der Waals surface area contributed by atoms with E-state index in [1.807, 2.05) is 30.3 Å². The first-order valence-corrected chi connectivity index (χ1v) is 8.73. The summed E-state index contributed by atoms with van der Waals surface area (Å²) >= 11 is 0. The third-order valence-electron chi connectivity index (χ3n) is 3.97. The van der Waals surface area contributed by atoms with E-state index in [4.69, 9.17) is 15.6 Å². The monoisotopic (exact) mass is 385 g/mol. The lowest BCUT2D eigenvalue weighted by atomic mass is 10.2. The van der Waals surface area contributed by atoms with Crippen LogP contribution < -0.4 is 10.5 Å². The van der Waals surface area contributed by atoms with Gasteiger partial charge in [-0.3, -0.25) is 4.79 Å². The van der Waals surface area contributed by atoms with E-state index in [1.54, 1.807) is 6.07 Å². The summed E-state index contributed by atoms with van der Waals surface area (Å²) in [4.78, 5) is 11.9. The lowest BCUT2D eigenvalue weighted by molar-refractivity contribution is -0.137. The summed E-state index contributed by atoms with van der Waals surface area (Å²) in [6, 6.07) is 13.6. The quantitative estimate of drug-likeness (QED) is 0.578. The molecule has 3 aromatic rings. The Morgan fingerprint density at radius 3 is 2.75 bits per heavy atom. The van der Waals surface area contributed by atoms with Crippen LogP contribution in [0.4, 0.5) is 4.39 Å². The zero-order chi connectivity index (χ0) is 19.9. The van der Waals surface area contributed by atoms with Gasteiger partial charge in [0.05, 0.1) is 19.6 Å². The van der Waals surface area contributed by atoms with Crippen molar-refractivity contribution in [2.24, 2.45) is 5.73 Å². The van der Waals surface area contributed by atoms with Gasteiger partial charge in [0.15, 0.2) is 11.6 Å². The number of tetrazole rings is 1. The van der Waals surface area contributed by atoms with Crippen molar-refractivity contribution < 1.29 is 19.0 Å². The number of hydrogen-bond donors (Lipinski definition) is 2. The molecule has 0 unspecified atom stereocenters. The lowest BCUT2D eigenvalue weighted by Gasteiger charge is -2.08. The van der Waals surface area contributed by atoms with Crippen molar-refractivity contribution in [3.8, 4) is 17.1 Å². The predicted octanol–water partition coefficient (Wildman–Crippen LogP) is 1.90. The van der Waals surface area contributed by atoms with Crippen molar-refractivity contribution in [1.82, 2.24) is 20.2 Å². The number of hydrogen-bond acceptors (Lipinski definition) is 6. The Morgan fingerprint density at radius 2 is 2.04 bits per heavy atom. The third-order valence-corrected chi connectivity index (χ3v) is 3.97. The second kappa shape index (κ2) is 9.05. The molecule has 146 valence electrons. The maximum absolute atomic E-state index is 14.3. The molecule has 9 heteroatoms. The summed E-state index contributed by atoms with van der Waals surface area (Å²) in [5.41, 5.74) is 7.25. The normalized spacial score (nSPS) is 11.9. The maximum Gasteiger partial charge on any atom is 0.304 e. The Balaban J connectivity index is 1.60. The molecular weight excluding hydrogens is 365 g/mol. The Kier molecular flexibility index (Phi) is 6.28. The molecule has 0 aliphatic rings. The smallest absolute Gasteiger partial charge is 0.304 e. The molecule has 0 amide bonds. The van der Waals surface area contributed by atoms with Crippen molar-refractivity contribution in [2.75, 3.05) is 6.61 Å². The van der Waals surface area contributed by atoms with E-state index >= 15 is 0 Å². The fraction of sp³-hybridized carbons (Fsp3) is 0.263. The van der Waals surface area contributed by atoms with E-state index in [9.17, 15) is 9.18 Å². The van der Waals surface area contributed by atoms with Crippen LogP contribution in [-0.2, 0) is 17.8 Å². The van der Waals surface area contributed by atoms with E-state index in [0.717, 1.165) is 5.56 Å². The van der Waals surface area contributed by atoms with Gasteiger partial charge in [-0.2, -0.15) is 4.80 Å². The molecule has 1 heterocycles. The van der Waals surface area contributed by atoms with E-state index in [2.05, 4.69) is 15.4 Å². The van der Waals surface area contributed by atoms with Crippen LogP contribution in [0.2, 0.25) is 0 Å². The number of halogens is 1. The molecule has 8 nitrogen and oxygen atoms in total. The summed E-state index contributed by atoms with van der Waals surface area (Å²) in [7, 11) is 0. The SMILES string of the molecule is N[C@@H](CC(=O)O)Cn1nnc(-c2ccc(OCCc3ccccc3)c(F)c2)n1. The van der Waals surface area contributed by atoms with Crippen molar-refractivity contribution >= 4 is 5.97 Å². The van der Waals surface area contributed by atoms with Crippen LogP contribution in [0.1, 0.15) is 12.0 Å². The minimum absolute atomic E-state index is 0.0997. The molecule has 2 aromatic carbocycles. The Morgan fingerprint density at radius 1 is 1.25 bits per heavy atom. The molecule has 28 heavy (non-hydrogen) atoms. The van der Waals surface area contributed by atoms with Crippen LogP contribution in [0.3, 0.4) is 0 Å². The number of carboxylic acids is 1. The van der Waals surface area contributed by atoms with Gasteiger partial charge in [-0.1, -0.05) is 30.3 Å². The number of aliphatic carboxylic acids is 1. The molecule has 0 spiro atoms. The first-order valence-electron chi connectivity index (χ1n) is 8.73. The molecule has 0 radical (unpaired) electrons. The minimum atomic E-state index is -1.00. The zero-order valence-electron chi connectivity index (χ0n) is 15.0. The molecule has 0 aliphatic heterocycles. The van der Waals surface area contributed by atoms with Crippen LogP contribution in [-0.4, -0.2) is 43.9 Å². The second-order valence-electron chi connectivity index (χ2n) is 6.26. The second-order valence-corrected chi connectivity index (χ2v) is 6.26. The predicted molar refractivity (Wildman–Crippen MR) is 99.1 cm³/mol. The average molecular weight is 385 g/mol. The maximum atomic E-state index is 14.3. The van der Waals surface area contributed by atoms with Gasteiger partial charge >= 0.3 is 5.97 Å². The number of carbonyl (C=O) groups is 1. The minimum Gasteiger partial charge on any atom is -0.490 e. The molecular formula is C19H20FN5O3. The number of ether oxygens (including phenoxy) is 1. The van der Waals surface area contributed by atoms with E-state index < -0.39 is 17.8 Å². The summed E-state index contributed by atoms with van der Waals surface area (Å²) in [5.74, 6) is -1.16. The van der Waals surface area contributed by atoms with Crippen molar-refractivity contribution in [2.45, 2.75) is 25.4 Å². The summed E-state index contributed by atoms with van der Waals surface area (Å²) in [5, 5.41) is 20.5. The first kappa shape index (κ1) is 19.4. The van der Waals surface area contributed by atoms with E-state index in [0.29, 0.717) is 18.6 Å². The average Bonchev–Trinajstić information content (AvgIpc) is 3.11. The number of nitrogens with zero attached hydrogens (tertiary/aromatic N) is 4. The molecule has 0 saturated carbocycles. The van der Waals surface area contributed by atoms with Gasteiger partial charge in [0.25, 0.3) is 0 Å². The molecule has 3 N–H and O–H groups in total. The molecule has 0 bridgehead atoms. The lowest BCUT2D eigenvalue weighted by Crippen LogP contribution is -2.30. The highest BCUT2D eigenvalue weighted by Gasteiger charge is 2.14. The van der Waals surface area contributed by atoms with Crippen molar-refractivity contribution in [1.29, 1.82) is 0 Å². The van der Waals surface area contributed by atoms with E-state index in [1.165, 1.54) is 16.9 Å². The number of aromatic nitrogens is 4. The highest BCUT2D eigenvalue weighted by atomic mass is 19.1. The van der Waals surface area contributed by atoms with Gasteiger partial charge in [-0.15, -0.1) is 10.2 Å². The molecule has 1 aromatic heterocycles. The van der Waals surface area contributed by atoms with Crippen LogP contribution in [0.25, 0.3) is 11.4 Å². The third kappa shape index (κ3) is 5.34. The molecule has 0 saturated heterocycles. The zero-order valence-corrected chi connectivity index (χ0v) is 15.0. The fourth-order valence-corrected chi connectivity index (χ4v) is 2.62. The standard InChI is InChI=1S/C19H20FN5O3/c20-16-10-14(19-22-24-25(23-19)12-15(21)11-18(26)27)6-7-17(16)28-9-8-13-4-2-1-3-5-13/h1-7,10,15H,8-9,11-12,21H2,(H,26,27)/t15-/m0/s1. The van der Waals surface area contributed by atoms with Gasteiger partial charge in [-0.05, 0) is 29.0 Å². The van der Waals surface area contributed by atoms with Gasteiger partial charge in [0, 0.05) is 18.0 Å². The highest BCUT2D eigenvalue weighted by Crippen LogP contribution is 2.23. The van der Waals surface area contributed by atoms with Crippen molar-refractivity contribution in [3.63, 3.8) is 0 Å². The first-order chi connectivity index (χ1) is 13.5. The van der Waals surface area contributed by atoms with E-state index in [-0.39, 0.29) is 24.5 Å². The van der Waals surface area contributed by atoms with Crippen LogP contribution in [0, 0.1) is 5.82 Å². The van der Waals surface area contributed by atoms with Crippen molar-refractivity contribution in [3.05, 3.63) is 59.9 Å². The summed E-state index contributed by atoms with van der Waals surface area (Å²) < 4.78 is 19.8. The summed E-state index contributed by atoms with van der Waals surface area (Å²) in [6.07, 6.45) is 0.467. The number of nitrogens with two attached hydrogens (primary N) is 1. The van der Waals surface area contributed by atoms with Gasteiger partial charge < -0.3 is 15.6 Å². The van der Waals surface area contributed by atoms with Gasteiger partial charge in [-0.25, -0.2) is 4.39 Å².